The zero-order chi connectivity index (χ0) is 18.1. The number of carbonyl (C=O) groups excluding carboxylic acids is 2. The maximum absolute atomic E-state index is 12.4. The lowest BCUT2D eigenvalue weighted by Gasteiger charge is -2.27. The fourth-order valence-electron chi connectivity index (χ4n) is 3.41. The van der Waals surface area contributed by atoms with Gasteiger partial charge in [0.25, 0.3) is 0 Å². The summed E-state index contributed by atoms with van der Waals surface area (Å²) in [5.41, 5.74) is 1.69. The minimum absolute atomic E-state index is 0.165. The summed E-state index contributed by atoms with van der Waals surface area (Å²) < 4.78 is 4.55. The van der Waals surface area contributed by atoms with E-state index < -0.39 is 6.09 Å². The van der Waals surface area contributed by atoms with Crippen LogP contribution >= 0.6 is 0 Å². The molecule has 138 valence electrons. The topological polar surface area (TPSA) is 67.4 Å². The van der Waals surface area contributed by atoms with E-state index in [1.165, 1.54) is 39.2 Å². The van der Waals surface area contributed by atoms with E-state index in [9.17, 15) is 9.59 Å². The number of hydrogen-bond acceptors (Lipinski definition) is 3. The lowest BCUT2D eigenvalue weighted by molar-refractivity contribution is -0.126. The highest BCUT2D eigenvalue weighted by Gasteiger charge is 2.25. The smallest absolute Gasteiger partial charge is 0.411 e. The predicted molar refractivity (Wildman–Crippen MR) is 99.3 cm³/mol. The van der Waals surface area contributed by atoms with E-state index in [1.807, 2.05) is 12.1 Å². The SMILES string of the molecule is CCCCC1CCC(C(=O)NCc2ccc(NC(=O)OC)cc2)CC1. The summed E-state index contributed by atoms with van der Waals surface area (Å²) >= 11 is 0. The van der Waals surface area contributed by atoms with Gasteiger partial charge in [0.15, 0.2) is 0 Å². The van der Waals surface area contributed by atoms with E-state index in [0.29, 0.717) is 12.2 Å². The van der Waals surface area contributed by atoms with Crippen LogP contribution in [0.5, 0.6) is 0 Å². The molecule has 1 fully saturated rings. The van der Waals surface area contributed by atoms with E-state index >= 15 is 0 Å². The molecule has 0 aliphatic heterocycles. The lowest BCUT2D eigenvalue weighted by atomic mass is 9.79. The van der Waals surface area contributed by atoms with E-state index in [1.54, 1.807) is 12.1 Å². The van der Waals surface area contributed by atoms with Gasteiger partial charge in [-0.25, -0.2) is 4.79 Å². The van der Waals surface area contributed by atoms with Crippen molar-refractivity contribution in [1.82, 2.24) is 5.32 Å². The third kappa shape index (κ3) is 6.40. The maximum Gasteiger partial charge on any atom is 0.411 e. The monoisotopic (exact) mass is 346 g/mol. The number of hydrogen-bond donors (Lipinski definition) is 2. The molecular weight excluding hydrogens is 316 g/mol. The molecule has 1 aromatic carbocycles. The Morgan fingerprint density at radius 3 is 2.40 bits per heavy atom. The van der Waals surface area contributed by atoms with Crippen molar-refractivity contribution < 1.29 is 14.3 Å². The van der Waals surface area contributed by atoms with Crippen molar-refractivity contribution in [2.24, 2.45) is 11.8 Å². The van der Waals surface area contributed by atoms with Crippen molar-refractivity contribution in [3.63, 3.8) is 0 Å². The number of ether oxygens (including phenoxy) is 1. The largest absolute Gasteiger partial charge is 0.453 e. The average molecular weight is 346 g/mol. The number of unbranched alkanes of at least 4 members (excludes halogenated alkanes) is 1. The van der Waals surface area contributed by atoms with Gasteiger partial charge in [-0.1, -0.05) is 38.3 Å². The summed E-state index contributed by atoms with van der Waals surface area (Å²) in [5, 5.41) is 5.65. The Labute approximate surface area is 150 Å². The van der Waals surface area contributed by atoms with Crippen LogP contribution in [-0.4, -0.2) is 19.1 Å². The van der Waals surface area contributed by atoms with Crippen molar-refractivity contribution in [3.8, 4) is 0 Å². The number of amides is 2. The Balaban J connectivity index is 1.72. The van der Waals surface area contributed by atoms with Crippen LogP contribution in [0.15, 0.2) is 24.3 Å². The van der Waals surface area contributed by atoms with Gasteiger partial charge in [0, 0.05) is 18.2 Å². The van der Waals surface area contributed by atoms with Crippen LogP contribution in [0.3, 0.4) is 0 Å². The second kappa shape index (κ2) is 10.1. The third-order valence-electron chi connectivity index (χ3n) is 5.04. The Hall–Kier alpha value is -2.04. The van der Waals surface area contributed by atoms with Crippen LogP contribution in [0.25, 0.3) is 0 Å². The van der Waals surface area contributed by atoms with Crippen LogP contribution in [0.1, 0.15) is 57.4 Å². The lowest BCUT2D eigenvalue weighted by Crippen LogP contribution is -2.32. The molecule has 0 spiro atoms. The van der Waals surface area contributed by atoms with Gasteiger partial charge in [-0.3, -0.25) is 10.1 Å². The molecule has 0 bridgehead atoms. The highest BCUT2D eigenvalue weighted by Crippen LogP contribution is 2.32. The minimum Gasteiger partial charge on any atom is -0.453 e. The number of carbonyl (C=O) groups is 2. The van der Waals surface area contributed by atoms with Gasteiger partial charge in [0.2, 0.25) is 5.91 Å². The molecule has 1 saturated carbocycles. The molecule has 25 heavy (non-hydrogen) atoms. The van der Waals surface area contributed by atoms with E-state index in [0.717, 1.165) is 24.3 Å². The fraction of sp³-hybridized carbons (Fsp3) is 0.600. The summed E-state index contributed by atoms with van der Waals surface area (Å²) in [4.78, 5) is 23.5. The molecule has 2 amide bonds. The summed E-state index contributed by atoms with van der Waals surface area (Å²) in [6.45, 7) is 2.75. The van der Waals surface area contributed by atoms with Crippen LogP contribution in [0.2, 0.25) is 0 Å². The molecule has 0 aromatic heterocycles. The van der Waals surface area contributed by atoms with Crippen LogP contribution in [-0.2, 0) is 16.1 Å². The Kier molecular flexibility index (Phi) is 7.76. The molecule has 1 aromatic rings. The second-order valence-corrected chi connectivity index (χ2v) is 6.89. The third-order valence-corrected chi connectivity index (χ3v) is 5.04. The first kappa shape index (κ1) is 19.3. The molecule has 0 heterocycles. The van der Waals surface area contributed by atoms with Crippen LogP contribution < -0.4 is 10.6 Å². The Morgan fingerprint density at radius 1 is 1.12 bits per heavy atom. The van der Waals surface area contributed by atoms with Gasteiger partial charge < -0.3 is 10.1 Å². The van der Waals surface area contributed by atoms with E-state index in [-0.39, 0.29) is 11.8 Å². The van der Waals surface area contributed by atoms with Crippen LogP contribution in [0, 0.1) is 11.8 Å². The molecule has 1 aliphatic rings. The maximum atomic E-state index is 12.4. The molecule has 2 N–H and O–H groups in total. The number of methoxy groups -OCH3 is 1. The highest BCUT2D eigenvalue weighted by atomic mass is 16.5. The summed E-state index contributed by atoms with van der Waals surface area (Å²) in [7, 11) is 1.33. The molecule has 0 saturated heterocycles. The van der Waals surface area contributed by atoms with Crippen molar-refractivity contribution in [1.29, 1.82) is 0 Å². The minimum atomic E-state index is -0.490. The summed E-state index contributed by atoms with van der Waals surface area (Å²) in [5.74, 6) is 1.16. The zero-order valence-electron chi connectivity index (χ0n) is 15.3. The first-order chi connectivity index (χ1) is 12.1. The quantitative estimate of drug-likeness (QED) is 0.765. The van der Waals surface area contributed by atoms with Gasteiger partial charge in [0.1, 0.15) is 0 Å². The zero-order valence-corrected chi connectivity index (χ0v) is 15.3. The molecule has 0 atom stereocenters. The van der Waals surface area contributed by atoms with Gasteiger partial charge in [0.05, 0.1) is 7.11 Å². The van der Waals surface area contributed by atoms with Gasteiger partial charge >= 0.3 is 6.09 Å². The fourth-order valence-corrected chi connectivity index (χ4v) is 3.41. The highest BCUT2D eigenvalue weighted by molar-refractivity contribution is 5.84. The number of nitrogens with one attached hydrogen (secondary N) is 2. The second-order valence-electron chi connectivity index (χ2n) is 6.89. The molecular formula is C20H30N2O3. The standard InChI is InChI=1S/C20H30N2O3/c1-3-4-5-15-6-10-17(11-7-15)19(23)21-14-16-8-12-18(13-9-16)22-20(24)25-2/h8-9,12-13,15,17H,3-7,10-11,14H2,1-2H3,(H,21,23)(H,22,24). The van der Waals surface area contributed by atoms with E-state index in [2.05, 4.69) is 22.3 Å². The molecule has 5 nitrogen and oxygen atoms in total. The van der Waals surface area contributed by atoms with Crippen molar-refractivity contribution in [2.45, 2.75) is 58.4 Å². The number of anilines is 1. The Morgan fingerprint density at radius 2 is 1.80 bits per heavy atom. The predicted octanol–water partition coefficient (Wildman–Crippen LogP) is 4.48. The van der Waals surface area contributed by atoms with Gasteiger partial charge in [-0.15, -0.1) is 0 Å². The van der Waals surface area contributed by atoms with Crippen molar-refractivity contribution >= 4 is 17.7 Å². The van der Waals surface area contributed by atoms with Crippen LogP contribution in [0.4, 0.5) is 10.5 Å². The Bertz CT molecular complexity index is 549. The first-order valence-corrected chi connectivity index (χ1v) is 9.34. The normalized spacial score (nSPS) is 19.9. The van der Waals surface area contributed by atoms with Crippen molar-refractivity contribution in [3.05, 3.63) is 29.8 Å². The average Bonchev–Trinajstić information content (AvgIpc) is 2.65. The summed E-state index contributed by atoms with van der Waals surface area (Å²) in [6, 6.07) is 7.40. The number of benzene rings is 1. The van der Waals surface area contributed by atoms with Crippen molar-refractivity contribution in [2.75, 3.05) is 12.4 Å². The molecule has 5 heteroatoms. The molecule has 1 aliphatic carbocycles. The van der Waals surface area contributed by atoms with Gasteiger partial charge in [-0.2, -0.15) is 0 Å². The summed E-state index contributed by atoms with van der Waals surface area (Å²) in [6.07, 6.45) is 7.80. The molecule has 0 unspecified atom stereocenters. The number of rotatable bonds is 7. The molecule has 0 radical (unpaired) electrons. The van der Waals surface area contributed by atoms with E-state index in [4.69, 9.17) is 0 Å². The van der Waals surface area contributed by atoms with Gasteiger partial charge in [-0.05, 0) is 49.3 Å². The first-order valence-electron chi connectivity index (χ1n) is 9.34. The molecule has 2 rings (SSSR count).